The van der Waals surface area contributed by atoms with Crippen molar-refractivity contribution in [3.05, 3.63) is 93.6 Å². The maximum absolute atomic E-state index is 10.7. The monoisotopic (exact) mass is 552 g/mol. The van der Waals surface area contributed by atoms with Crippen LogP contribution in [0.1, 0.15) is 0 Å². The Kier molecular flexibility index (Phi) is 35.9. The van der Waals surface area contributed by atoms with Crippen molar-refractivity contribution in [2.24, 2.45) is 0 Å². The van der Waals surface area contributed by atoms with Crippen molar-refractivity contribution in [2.45, 2.75) is 0 Å². The van der Waals surface area contributed by atoms with Crippen molar-refractivity contribution in [1.82, 2.24) is 0 Å². The van der Waals surface area contributed by atoms with Crippen LogP contribution in [0.5, 0.6) is 0 Å². The third-order valence-electron chi connectivity index (χ3n) is 3.06. The second kappa shape index (κ2) is 23.4. The molecular formula is C18H12Al2Cu2O9. The molecule has 0 aliphatic heterocycles. The fraction of sp³-hybridized carbons (Fsp3) is 0. The Labute approximate surface area is 219 Å². The molecular weight excluding hydrogens is 541 g/mol. The fourth-order valence-corrected chi connectivity index (χ4v) is 2.02. The Morgan fingerprint density at radius 3 is 1.06 bits per heavy atom. The van der Waals surface area contributed by atoms with Gasteiger partial charge in [-0.2, -0.15) is 0 Å². The molecule has 9 nitrogen and oxygen atoms in total. The van der Waals surface area contributed by atoms with E-state index in [1.54, 1.807) is 24.3 Å². The van der Waals surface area contributed by atoms with E-state index in [0.29, 0.717) is 11.2 Å². The smallest absolute Gasteiger partial charge is 2.00 e. The summed E-state index contributed by atoms with van der Waals surface area (Å²) in [6, 6.07) is 21.2. The summed E-state index contributed by atoms with van der Waals surface area (Å²) in [5.41, 5.74) is 0.674. The molecule has 0 atom stereocenters. The normalized spacial score (nSPS) is 7.23. The molecule has 2 radical (unpaired) electrons. The topological polar surface area (TPSA) is 203 Å². The van der Waals surface area contributed by atoms with Crippen LogP contribution in [-0.2, 0) is 61.5 Å². The summed E-state index contributed by atoms with van der Waals surface area (Å²) < 4.78 is 9.81. The Balaban J connectivity index is -0.0000000576. The van der Waals surface area contributed by atoms with Crippen LogP contribution in [-0.4, -0.2) is 34.7 Å². The molecule has 0 unspecified atom stereocenters. The van der Waals surface area contributed by atoms with Gasteiger partial charge in [-0.15, -0.1) is 0 Å². The first kappa shape index (κ1) is 47.5. The second-order valence-corrected chi connectivity index (χ2v) is 4.58. The summed E-state index contributed by atoms with van der Waals surface area (Å²) in [7, 11) is 0. The minimum atomic E-state index is -0.302. The van der Waals surface area contributed by atoms with Crippen LogP contribution in [0.2, 0.25) is 0 Å². The van der Waals surface area contributed by atoms with Gasteiger partial charge in [0, 0.05) is 22.9 Å². The number of hydrogen-bond acceptors (Lipinski definition) is 4. The molecule has 166 valence electrons. The summed E-state index contributed by atoms with van der Waals surface area (Å²) in [6.45, 7) is 0. The van der Waals surface area contributed by atoms with Gasteiger partial charge in [0.1, 0.15) is 11.2 Å². The molecule has 2 aromatic heterocycles. The van der Waals surface area contributed by atoms with Gasteiger partial charge in [-0.05, 0) is 24.3 Å². The molecule has 0 aliphatic rings. The van der Waals surface area contributed by atoms with Crippen LogP contribution >= 0.6 is 0 Å². The molecule has 0 N–H and O–H groups in total. The molecule has 4 aromatic rings. The van der Waals surface area contributed by atoms with Crippen LogP contribution in [0.15, 0.2) is 91.2 Å². The SMILES string of the molecule is O=c1ccc2ccccc2o1.O=c1ccc2ccccc2o1.[Al+3].[Al+3].[Cu+2].[Cu+2].[O-2].[O-2].[O-2].[O-2].[O-2]. The summed E-state index contributed by atoms with van der Waals surface area (Å²) in [4.78, 5) is 21.4. The van der Waals surface area contributed by atoms with E-state index in [-0.39, 0.29) is 107 Å². The van der Waals surface area contributed by atoms with Crippen LogP contribution in [0.4, 0.5) is 0 Å². The Morgan fingerprint density at radius 1 is 0.452 bits per heavy atom. The number of fused-ring (bicyclic) bond motifs is 2. The van der Waals surface area contributed by atoms with Gasteiger partial charge in [0.05, 0.1) is 0 Å². The van der Waals surface area contributed by atoms with E-state index < -0.39 is 0 Å². The van der Waals surface area contributed by atoms with Crippen LogP contribution in [0, 0.1) is 0 Å². The summed E-state index contributed by atoms with van der Waals surface area (Å²) in [5, 5.41) is 1.90. The summed E-state index contributed by atoms with van der Waals surface area (Å²) >= 11 is 0. The van der Waals surface area contributed by atoms with E-state index in [2.05, 4.69) is 0 Å². The fourth-order valence-electron chi connectivity index (χ4n) is 2.02. The summed E-state index contributed by atoms with van der Waals surface area (Å²) in [6.07, 6.45) is 0. The number of para-hydroxylation sites is 2. The van der Waals surface area contributed by atoms with E-state index in [4.69, 9.17) is 8.83 Å². The Morgan fingerprint density at radius 2 is 0.742 bits per heavy atom. The first-order valence-electron chi connectivity index (χ1n) is 6.70. The molecule has 0 aliphatic carbocycles. The molecule has 0 saturated heterocycles. The molecule has 0 amide bonds. The van der Waals surface area contributed by atoms with E-state index >= 15 is 0 Å². The Bertz CT molecular complexity index is 973. The van der Waals surface area contributed by atoms with Gasteiger partial charge in [0.25, 0.3) is 0 Å². The van der Waals surface area contributed by atoms with Crippen molar-refractivity contribution in [3.63, 3.8) is 0 Å². The largest absolute Gasteiger partial charge is 3.00 e. The molecule has 4 rings (SSSR count). The van der Waals surface area contributed by atoms with Crippen LogP contribution in [0.25, 0.3) is 21.9 Å². The van der Waals surface area contributed by atoms with Crippen molar-refractivity contribution >= 4 is 56.7 Å². The number of hydrogen-bond donors (Lipinski definition) is 0. The van der Waals surface area contributed by atoms with Crippen molar-refractivity contribution in [3.8, 4) is 0 Å². The van der Waals surface area contributed by atoms with E-state index in [1.165, 1.54) is 12.1 Å². The van der Waals surface area contributed by atoms with Gasteiger partial charge in [0.2, 0.25) is 0 Å². The van der Waals surface area contributed by atoms with Crippen LogP contribution < -0.4 is 11.3 Å². The van der Waals surface area contributed by atoms with Crippen molar-refractivity contribution in [1.29, 1.82) is 0 Å². The molecule has 2 aromatic carbocycles. The molecule has 0 fully saturated rings. The van der Waals surface area contributed by atoms with E-state index in [0.717, 1.165) is 10.8 Å². The molecule has 0 saturated carbocycles. The summed E-state index contributed by atoms with van der Waals surface area (Å²) in [5.74, 6) is 0. The first-order valence-corrected chi connectivity index (χ1v) is 6.70. The molecule has 2 heterocycles. The van der Waals surface area contributed by atoms with Gasteiger partial charge >= 0.3 is 80.1 Å². The van der Waals surface area contributed by atoms with E-state index in [9.17, 15) is 9.59 Å². The van der Waals surface area contributed by atoms with Crippen LogP contribution in [0.3, 0.4) is 0 Å². The van der Waals surface area contributed by atoms with Gasteiger partial charge in [0.15, 0.2) is 0 Å². The van der Waals surface area contributed by atoms with Gasteiger partial charge in [-0.25, -0.2) is 9.59 Å². The van der Waals surface area contributed by atoms with E-state index in [1.807, 2.05) is 36.4 Å². The zero-order chi connectivity index (χ0) is 15.4. The molecule has 31 heavy (non-hydrogen) atoms. The zero-order valence-electron chi connectivity index (χ0n) is 15.4. The predicted octanol–water partition coefficient (Wildman–Crippen LogP) is 2.23. The Hall–Kier alpha value is -1.24. The molecule has 0 bridgehead atoms. The van der Waals surface area contributed by atoms with Crippen molar-refractivity contribution < 1.29 is 70.4 Å². The third kappa shape index (κ3) is 13.7. The maximum atomic E-state index is 10.7. The predicted molar refractivity (Wildman–Crippen MR) is 99.9 cm³/mol. The zero-order valence-corrected chi connectivity index (χ0v) is 19.6. The second-order valence-electron chi connectivity index (χ2n) is 4.58. The molecule has 0 spiro atoms. The average molecular weight is 553 g/mol. The standard InChI is InChI=1S/2C9H6O2.2Al.2Cu.5O/c2*10-9-6-5-7-3-1-2-4-8(7)11-9;;;;;;;;;/h2*1-6H;;;;;;;;;/q;;2*+3;2*+2;5*-2. The third-order valence-corrected chi connectivity index (χ3v) is 3.06. The minimum absolute atomic E-state index is 0. The van der Waals surface area contributed by atoms with Gasteiger partial charge in [-0.3, -0.25) is 0 Å². The quantitative estimate of drug-likeness (QED) is 0.237. The molecule has 13 heteroatoms. The first-order chi connectivity index (χ1) is 10.7. The minimum Gasteiger partial charge on any atom is -2.00 e. The number of rotatable bonds is 0. The average Bonchev–Trinajstić information content (AvgIpc) is 2.55. The van der Waals surface area contributed by atoms with Gasteiger partial charge < -0.3 is 36.2 Å². The van der Waals surface area contributed by atoms with Crippen molar-refractivity contribution in [2.75, 3.05) is 0 Å². The maximum Gasteiger partial charge on any atom is 3.00 e. The number of benzene rings is 2. The van der Waals surface area contributed by atoms with Gasteiger partial charge in [-0.1, -0.05) is 36.4 Å².